The van der Waals surface area contributed by atoms with E-state index in [-0.39, 0.29) is 101 Å². The molecule has 6 atom stereocenters. The predicted octanol–water partition coefficient (Wildman–Crippen LogP) is 18.8. The molecule has 0 saturated carbocycles. The van der Waals surface area contributed by atoms with Gasteiger partial charge in [0.15, 0.2) is 0 Å². The Morgan fingerprint density at radius 1 is 0.377 bits per heavy atom. The van der Waals surface area contributed by atoms with E-state index < -0.39 is 12.2 Å². The van der Waals surface area contributed by atoms with Gasteiger partial charge in [-0.15, -0.1) is 34.9 Å². The minimum Gasteiger partial charge on any atom is -0.393 e. The van der Waals surface area contributed by atoms with Crippen molar-refractivity contribution in [2.45, 2.75) is 212 Å². The zero-order valence-electron chi connectivity index (χ0n) is 69.2. The van der Waals surface area contributed by atoms with Crippen molar-refractivity contribution in [3.8, 4) is 45.1 Å². The molecular formula is C93H113Ir3N12O6-3. The number of fused-ring (bicyclic) bond motifs is 9. The summed E-state index contributed by atoms with van der Waals surface area (Å²) in [4.78, 5) is 40.8. The molecule has 114 heavy (non-hydrogen) atoms. The van der Waals surface area contributed by atoms with Crippen molar-refractivity contribution >= 4 is 65.8 Å². The van der Waals surface area contributed by atoms with E-state index in [1.54, 1.807) is 46.7 Å². The van der Waals surface area contributed by atoms with Crippen molar-refractivity contribution < 1.29 is 91.0 Å². The molecule has 14 rings (SSSR count). The Hall–Kier alpha value is -8.10. The minimum absolute atomic E-state index is 0. The molecule has 0 amide bonds. The molecule has 0 spiro atoms. The van der Waals surface area contributed by atoms with Crippen LogP contribution >= 0.6 is 0 Å². The molecule has 611 valence electrons. The molecule has 0 bridgehead atoms. The van der Waals surface area contributed by atoms with Crippen molar-refractivity contribution in [1.29, 1.82) is 0 Å². The van der Waals surface area contributed by atoms with Gasteiger partial charge in [-0.1, -0.05) is 215 Å². The van der Waals surface area contributed by atoms with E-state index in [0.29, 0.717) is 31.1 Å². The molecule has 5 aromatic carbocycles. The van der Waals surface area contributed by atoms with E-state index in [4.69, 9.17) is 30.4 Å². The third kappa shape index (κ3) is 25.2. The van der Waals surface area contributed by atoms with Gasteiger partial charge in [-0.3, -0.25) is 15.0 Å². The fourth-order valence-electron chi connectivity index (χ4n) is 13.0. The second-order valence-electron chi connectivity index (χ2n) is 33.0. The van der Waals surface area contributed by atoms with Crippen LogP contribution in [0.25, 0.3) is 111 Å². The maximum Gasteiger partial charge on any atom is 0.105 e. The topological polar surface area (TPSA) is 252 Å². The van der Waals surface area contributed by atoms with Gasteiger partial charge in [-0.25, -0.2) is 15.0 Å². The normalized spacial score (nSPS) is 13.1. The molecule has 0 aliphatic rings. The van der Waals surface area contributed by atoms with Crippen molar-refractivity contribution in [2.75, 3.05) is 0 Å². The van der Waals surface area contributed by atoms with Crippen LogP contribution in [0.15, 0.2) is 183 Å². The van der Waals surface area contributed by atoms with Gasteiger partial charge in [0.1, 0.15) is 19.0 Å². The second-order valence-corrected chi connectivity index (χ2v) is 33.0. The minimum atomic E-state index is -0.443. The van der Waals surface area contributed by atoms with Crippen molar-refractivity contribution in [3.05, 3.63) is 224 Å². The Bertz CT molecular complexity index is 5310. The quantitative estimate of drug-likeness (QED) is 0.0492. The number of aliphatic hydroxyl groups is 6. The summed E-state index contributed by atoms with van der Waals surface area (Å²) in [6.45, 7) is 38.9. The van der Waals surface area contributed by atoms with Crippen LogP contribution < -0.4 is 0 Å². The molecule has 21 heteroatoms. The molecule has 0 fully saturated rings. The number of benzene rings is 5. The SMILES string of the molecule is CC(C)(C)C(O)CC(O)C(C)(C)C.CC(C)(C)c1cc(-c2[c-]nc3c(c2)c2ccccc2n3-c2ccccc2)ncn1.CC(O)CC(C)O.CC(O)CC(C)O.CCn1c2ccccc2c2cc(-c3cc(CC(C)C)ncn3)[c-]nc21.Cc1ccccc1-n1c2ccccc2c2cc(-c3cc(CC(C)C)ncn3)[c-]nc21.[Ir].[Ir].[Ir]. The number of aliphatic hydroxyl groups excluding tert-OH is 6. The van der Waals surface area contributed by atoms with E-state index in [9.17, 15) is 10.2 Å². The summed E-state index contributed by atoms with van der Waals surface area (Å²) in [5.41, 5.74) is 17.7. The first-order valence-corrected chi connectivity index (χ1v) is 38.7. The van der Waals surface area contributed by atoms with Gasteiger partial charge in [0.2, 0.25) is 0 Å². The van der Waals surface area contributed by atoms with E-state index >= 15 is 0 Å². The van der Waals surface area contributed by atoms with Gasteiger partial charge in [0, 0.05) is 124 Å². The molecule has 3 radical (unpaired) electrons. The summed E-state index contributed by atoms with van der Waals surface area (Å²) in [6.07, 6.45) is 15.4. The van der Waals surface area contributed by atoms with E-state index in [2.05, 4.69) is 269 Å². The molecule has 9 aromatic heterocycles. The first-order valence-electron chi connectivity index (χ1n) is 38.7. The summed E-state index contributed by atoms with van der Waals surface area (Å²) >= 11 is 0. The maximum absolute atomic E-state index is 9.76. The molecule has 0 saturated heterocycles. The third-order valence-electron chi connectivity index (χ3n) is 18.9. The summed E-state index contributed by atoms with van der Waals surface area (Å²) in [5.74, 6) is 1.11. The zero-order valence-corrected chi connectivity index (χ0v) is 76.4. The second kappa shape index (κ2) is 42.7. The first-order chi connectivity index (χ1) is 52.6. The number of nitrogens with zero attached hydrogens (tertiary/aromatic N) is 12. The van der Waals surface area contributed by atoms with Crippen LogP contribution in [-0.4, -0.2) is 126 Å². The molecule has 14 aromatic rings. The van der Waals surface area contributed by atoms with Crippen LogP contribution in [0.2, 0.25) is 0 Å². The van der Waals surface area contributed by atoms with Crippen LogP contribution in [0.3, 0.4) is 0 Å². The summed E-state index contributed by atoms with van der Waals surface area (Å²) in [6, 6.07) is 56.6. The number of rotatable bonds is 16. The molecule has 18 nitrogen and oxygen atoms in total. The summed E-state index contributed by atoms with van der Waals surface area (Å²) < 4.78 is 6.64. The Labute approximate surface area is 714 Å². The van der Waals surface area contributed by atoms with Crippen molar-refractivity contribution in [3.63, 3.8) is 0 Å². The number of para-hydroxylation sites is 5. The number of aromatic nitrogens is 12. The van der Waals surface area contributed by atoms with E-state index in [1.165, 1.54) is 27.2 Å². The number of hydrogen-bond donors (Lipinski definition) is 6. The van der Waals surface area contributed by atoms with Crippen LogP contribution in [0.4, 0.5) is 0 Å². The van der Waals surface area contributed by atoms with E-state index in [1.807, 2.05) is 65.8 Å². The van der Waals surface area contributed by atoms with Gasteiger partial charge in [-0.2, -0.15) is 0 Å². The Kier molecular flexibility index (Phi) is 35.5. The van der Waals surface area contributed by atoms with Crippen LogP contribution in [0.1, 0.15) is 167 Å². The summed E-state index contributed by atoms with van der Waals surface area (Å²) in [7, 11) is 0. The Morgan fingerprint density at radius 2 is 0.737 bits per heavy atom. The molecule has 0 aliphatic heterocycles. The average Bonchev–Trinajstić information content (AvgIpc) is 1.61. The Balaban J connectivity index is 0.000000228. The smallest absolute Gasteiger partial charge is 0.105 e. The van der Waals surface area contributed by atoms with Gasteiger partial charge in [-0.05, 0) is 184 Å². The maximum atomic E-state index is 9.76. The van der Waals surface area contributed by atoms with Crippen LogP contribution in [0.5, 0.6) is 0 Å². The van der Waals surface area contributed by atoms with Crippen molar-refractivity contribution in [2.24, 2.45) is 22.7 Å². The third-order valence-corrected chi connectivity index (χ3v) is 18.9. The fraction of sp³-hybridized carbons (Fsp3) is 0.387. The fourth-order valence-corrected chi connectivity index (χ4v) is 13.0. The Morgan fingerprint density at radius 3 is 1.14 bits per heavy atom. The van der Waals surface area contributed by atoms with Crippen LogP contribution in [-0.2, 0) is 85.1 Å². The number of pyridine rings is 3. The van der Waals surface area contributed by atoms with Crippen LogP contribution in [0, 0.1) is 48.2 Å². The monoisotopic (exact) mass is 2070 g/mol. The molecular weight excluding hydrogens is 1960 g/mol. The van der Waals surface area contributed by atoms with E-state index in [0.717, 1.165) is 126 Å². The van der Waals surface area contributed by atoms with Gasteiger partial charge in [0.25, 0.3) is 0 Å². The summed E-state index contributed by atoms with van der Waals surface area (Å²) in [5, 5.41) is 60.7. The average molecular weight is 2070 g/mol. The molecule has 0 aliphatic carbocycles. The first kappa shape index (κ1) is 94.7. The predicted molar refractivity (Wildman–Crippen MR) is 452 cm³/mol. The van der Waals surface area contributed by atoms with Gasteiger partial charge >= 0.3 is 0 Å². The van der Waals surface area contributed by atoms with Gasteiger partial charge < -0.3 is 59.3 Å². The number of aryl methyl sites for hydroxylation is 2. The van der Waals surface area contributed by atoms with Gasteiger partial charge in [0.05, 0.1) is 53.6 Å². The van der Waals surface area contributed by atoms with Crippen molar-refractivity contribution in [1.82, 2.24) is 58.6 Å². The molecule has 6 N–H and O–H groups in total. The number of hydrogen-bond acceptors (Lipinski definition) is 15. The molecule has 6 unspecified atom stereocenters. The zero-order chi connectivity index (χ0) is 80.6. The standard InChI is InChI=1S/C26H23N4.C25H21N4.C21H21N4.C11H24O2.2C5H12O2.3Ir/c1-17(2)12-20-14-23(29-16-28-20)19-13-22-21-9-5-7-11-25(21)30(26(22)27-15-19)24-10-6-4-8-18(24)3;1-25(2,3)23-14-21(27-16-28-23)17-13-20-19-11-7-8-12-22(19)29(24(20)26-15-17)18-9-5-4-6-10-18;1-4-25-20-8-6-5-7-17(20)18-10-15(12-22-21(18)25)19-11-16(9-14(2)3)23-13-24-19;1-10(2,3)8(12)7-9(13)11(4,5)6;2*1-4(6)3-5(2)7;;;/h4-11,13-14,16-17H,12H2,1-3H3;4-14,16H,1-3H3;5-8,10-11,13-14H,4,9H2,1-3H3;8-9,12-13H,7H2,1-6H3;2*4-7H,3H2,1-2H3;;;/q3*-1;;;;;;. The molecule has 9 heterocycles. The largest absolute Gasteiger partial charge is 0.393 e.